The third-order valence-corrected chi connectivity index (χ3v) is 3.89. The predicted molar refractivity (Wildman–Crippen MR) is 67.1 cm³/mol. The summed E-state index contributed by atoms with van der Waals surface area (Å²) in [5.74, 6) is 0. The summed E-state index contributed by atoms with van der Waals surface area (Å²) in [7, 11) is 0. The van der Waals surface area contributed by atoms with E-state index in [4.69, 9.17) is 4.74 Å². The van der Waals surface area contributed by atoms with Gasteiger partial charge >= 0.3 is 0 Å². The second-order valence-electron chi connectivity index (χ2n) is 6.08. The molecule has 0 atom stereocenters. The number of hydrogen-bond acceptors (Lipinski definition) is 4. The Labute approximate surface area is 104 Å². The zero-order valence-electron chi connectivity index (χ0n) is 11.4. The van der Waals surface area contributed by atoms with Crippen molar-refractivity contribution in [3.8, 4) is 0 Å². The van der Waals surface area contributed by atoms with Gasteiger partial charge in [0.15, 0.2) is 0 Å². The highest BCUT2D eigenvalue weighted by atomic mass is 16.5. The molecule has 4 nitrogen and oxygen atoms in total. The van der Waals surface area contributed by atoms with Gasteiger partial charge in [-0.3, -0.25) is 4.90 Å². The first kappa shape index (κ1) is 13.0. The molecule has 0 spiro atoms. The summed E-state index contributed by atoms with van der Waals surface area (Å²) in [5.41, 5.74) is 0.749. The van der Waals surface area contributed by atoms with Crippen LogP contribution < -0.4 is 0 Å². The number of hydrogen-bond donors (Lipinski definition) is 1. The van der Waals surface area contributed by atoms with Crippen molar-refractivity contribution in [2.45, 2.75) is 38.8 Å². The minimum Gasteiger partial charge on any atom is -0.379 e. The predicted octanol–water partition coefficient (Wildman–Crippen LogP) is 1.51. The smallest absolute Gasteiger partial charge is 0.0635 e. The van der Waals surface area contributed by atoms with Gasteiger partial charge in [0.1, 0.15) is 0 Å². The fourth-order valence-electron chi connectivity index (χ4n) is 2.76. The standard InChI is InChI=1S/C13H24N2O2/c1-12(2)9-11(13(3,4)15(12)16)10-14-5-7-17-8-6-14/h9,16H,5-8,10H2,1-4H3. The monoisotopic (exact) mass is 240 g/mol. The van der Waals surface area contributed by atoms with E-state index >= 15 is 0 Å². The molecule has 17 heavy (non-hydrogen) atoms. The Hall–Kier alpha value is -0.420. The summed E-state index contributed by atoms with van der Waals surface area (Å²) in [4.78, 5) is 2.40. The van der Waals surface area contributed by atoms with Crippen LogP contribution in [0.1, 0.15) is 27.7 Å². The van der Waals surface area contributed by atoms with Crippen molar-refractivity contribution >= 4 is 0 Å². The van der Waals surface area contributed by atoms with E-state index in [0.29, 0.717) is 0 Å². The molecule has 0 aromatic rings. The minimum atomic E-state index is -0.276. The molecule has 0 aromatic heterocycles. The van der Waals surface area contributed by atoms with Gasteiger partial charge in [-0.1, -0.05) is 6.08 Å². The summed E-state index contributed by atoms with van der Waals surface area (Å²) < 4.78 is 5.36. The Morgan fingerprint density at radius 2 is 1.82 bits per heavy atom. The number of ether oxygens (including phenoxy) is 1. The summed E-state index contributed by atoms with van der Waals surface area (Å²) in [5, 5.41) is 11.7. The topological polar surface area (TPSA) is 35.9 Å². The van der Waals surface area contributed by atoms with Crippen LogP contribution in [-0.4, -0.2) is 59.1 Å². The molecule has 2 heterocycles. The number of hydroxylamine groups is 2. The van der Waals surface area contributed by atoms with Crippen molar-refractivity contribution in [1.82, 2.24) is 9.96 Å². The van der Waals surface area contributed by atoms with Crippen LogP contribution in [0.3, 0.4) is 0 Å². The average molecular weight is 240 g/mol. The summed E-state index contributed by atoms with van der Waals surface area (Å²) in [6.45, 7) is 12.8. The highest BCUT2D eigenvalue weighted by molar-refractivity contribution is 5.30. The van der Waals surface area contributed by atoms with E-state index < -0.39 is 0 Å². The molecule has 0 unspecified atom stereocenters. The van der Waals surface area contributed by atoms with E-state index in [1.54, 1.807) is 0 Å². The SMILES string of the molecule is CC1(C)C=C(CN2CCOCC2)C(C)(C)N1O. The highest BCUT2D eigenvalue weighted by Gasteiger charge is 2.45. The van der Waals surface area contributed by atoms with Gasteiger partial charge in [0, 0.05) is 19.6 Å². The van der Waals surface area contributed by atoms with Gasteiger partial charge in [-0.2, -0.15) is 5.06 Å². The quantitative estimate of drug-likeness (QED) is 0.742. The molecule has 0 aliphatic carbocycles. The lowest BCUT2D eigenvalue weighted by Crippen LogP contribution is -2.49. The van der Waals surface area contributed by atoms with Crippen molar-refractivity contribution in [1.29, 1.82) is 0 Å². The van der Waals surface area contributed by atoms with E-state index in [9.17, 15) is 5.21 Å². The van der Waals surface area contributed by atoms with E-state index in [0.717, 1.165) is 32.8 Å². The van der Waals surface area contributed by atoms with Gasteiger partial charge in [-0.05, 0) is 33.3 Å². The Kier molecular flexibility index (Phi) is 3.34. The lowest BCUT2D eigenvalue weighted by Gasteiger charge is -2.37. The van der Waals surface area contributed by atoms with Crippen LogP contribution in [0.4, 0.5) is 0 Å². The molecule has 0 saturated carbocycles. The second kappa shape index (κ2) is 4.35. The van der Waals surface area contributed by atoms with Gasteiger partial charge in [-0.25, -0.2) is 0 Å². The van der Waals surface area contributed by atoms with Gasteiger partial charge < -0.3 is 9.94 Å². The maximum atomic E-state index is 10.2. The summed E-state index contributed by atoms with van der Waals surface area (Å²) in [6, 6.07) is 0. The maximum Gasteiger partial charge on any atom is 0.0635 e. The molecule has 1 N–H and O–H groups in total. The second-order valence-corrected chi connectivity index (χ2v) is 6.08. The van der Waals surface area contributed by atoms with Crippen molar-refractivity contribution in [3.63, 3.8) is 0 Å². The normalized spacial score (nSPS) is 29.4. The first-order valence-corrected chi connectivity index (χ1v) is 6.35. The molecule has 0 bridgehead atoms. The fraction of sp³-hybridized carbons (Fsp3) is 0.846. The molecule has 0 aromatic carbocycles. The molecular formula is C13H24N2O2. The lowest BCUT2D eigenvalue weighted by molar-refractivity contribution is -0.185. The van der Waals surface area contributed by atoms with Gasteiger partial charge in [0.05, 0.1) is 24.3 Å². The maximum absolute atomic E-state index is 10.2. The zero-order valence-corrected chi connectivity index (χ0v) is 11.4. The molecule has 2 aliphatic heterocycles. The van der Waals surface area contributed by atoms with Crippen LogP contribution in [0.2, 0.25) is 0 Å². The minimum absolute atomic E-state index is 0.273. The van der Waals surface area contributed by atoms with E-state index in [-0.39, 0.29) is 11.1 Å². The largest absolute Gasteiger partial charge is 0.379 e. The van der Waals surface area contributed by atoms with E-state index in [1.807, 2.05) is 13.8 Å². The summed E-state index contributed by atoms with van der Waals surface area (Å²) in [6.07, 6.45) is 2.20. The molecule has 0 amide bonds. The van der Waals surface area contributed by atoms with Crippen molar-refractivity contribution < 1.29 is 9.94 Å². The molecule has 98 valence electrons. The van der Waals surface area contributed by atoms with Gasteiger partial charge in [0.25, 0.3) is 0 Å². The lowest BCUT2D eigenvalue weighted by atomic mass is 9.96. The molecule has 1 saturated heterocycles. The Balaban J connectivity index is 2.09. The van der Waals surface area contributed by atoms with Crippen molar-refractivity contribution in [2.24, 2.45) is 0 Å². The third-order valence-electron chi connectivity index (χ3n) is 3.89. The fourth-order valence-corrected chi connectivity index (χ4v) is 2.76. The molecule has 1 fully saturated rings. The van der Waals surface area contributed by atoms with Crippen LogP contribution in [0.5, 0.6) is 0 Å². The zero-order chi connectivity index (χ0) is 12.7. The molecular weight excluding hydrogens is 216 g/mol. The first-order valence-electron chi connectivity index (χ1n) is 6.35. The van der Waals surface area contributed by atoms with Crippen molar-refractivity contribution in [2.75, 3.05) is 32.8 Å². The number of nitrogens with zero attached hydrogens (tertiary/aromatic N) is 2. The molecule has 4 heteroatoms. The first-order chi connectivity index (χ1) is 7.84. The molecule has 0 radical (unpaired) electrons. The van der Waals surface area contributed by atoms with Crippen LogP contribution in [-0.2, 0) is 4.74 Å². The Morgan fingerprint density at radius 3 is 2.29 bits per heavy atom. The van der Waals surface area contributed by atoms with Gasteiger partial charge in [0.2, 0.25) is 0 Å². The van der Waals surface area contributed by atoms with Crippen LogP contribution >= 0.6 is 0 Å². The average Bonchev–Trinajstić information content (AvgIpc) is 2.41. The Morgan fingerprint density at radius 1 is 1.24 bits per heavy atom. The van der Waals surface area contributed by atoms with E-state index in [1.165, 1.54) is 10.6 Å². The highest BCUT2D eigenvalue weighted by Crippen LogP contribution is 2.38. The molecule has 2 aliphatic rings. The summed E-state index contributed by atoms with van der Waals surface area (Å²) >= 11 is 0. The third kappa shape index (κ3) is 2.40. The van der Waals surface area contributed by atoms with E-state index in [2.05, 4.69) is 24.8 Å². The Bertz CT molecular complexity index is 317. The number of rotatable bonds is 2. The van der Waals surface area contributed by atoms with Crippen LogP contribution in [0.25, 0.3) is 0 Å². The molecule has 2 rings (SSSR count). The number of morpholine rings is 1. The van der Waals surface area contributed by atoms with Crippen LogP contribution in [0.15, 0.2) is 11.6 Å². The van der Waals surface area contributed by atoms with Crippen LogP contribution in [0, 0.1) is 0 Å². The van der Waals surface area contributed by atoms with Crippen molar-refractivity contribution in [3.05, 3.63) is 11.6 Å². The van der Waals surface area contributed by atoms with Gasteiger partial charge in [-0.15, -0.1) is 0 Å².